The van der Waals surface area contributed by atoms with Gasteiger partial charge in [-0.2, -0.15) is 0 Å². The van der Waals surface area contributed by atoms with Crippen LogP contribution in [0, 0.1) is 0 Å². The van der Waals surface area contributed by atoms with Gasteiger partial charge in [-0.1, -0.05) is 43.0 Å². The molecule has 2 rings (SSSR count). The molecule has 1 aromatic carbocycles. The number of carbonyl (C=O) groups excluding carboxylic acids is 1. The highest BCUT2D eigenvalue weighted by atomic mass is 16.7. The summed E-state index contributed by atoms with van der Waals surface area (Å²) in [5, 5.41) is 0. The lowest BCUT2D eigenvalue weighted by Crippen LogP contribution is -2.28. The minimum absolute atomic E-state index is 0.226. The van der Waals surface area contributed by atoms with Crippen molar-refractivity contribution in [2.75, 3.05) is 0 Å². The summed E-state index contributed by atoms with van der Waals surface area (Å²) in [6, 6.07) is 9.63. The van der Waals surface area contributed by atoms with E-state index in [1.165, 1.54) is 0 Å². The number of benzene rings is 1. The summed E-state index contributed by atoms with van der Waals surface area (Å²) in [5.41, 5.74) is 0.987. The summed E-state index contributed by atoms with van der Waals surface area (Å²) in [6.45, 7) is 3.61. The van der Waals surface area contributed by atoms with E-state index in [4.69, 9.17) is 9.47 Å². The van der Waals surface area contributed by atoms with E-state index >= 15 is 0 Å². The zero-order valence-corrected chi connectivity index (χ0v) is 8.26. The predicted octanol–water partition coefficient (Wildman–Crippen LogP) is 2.84. The highest BCUT2D eigenvalue weighted by molar-refractivity contribution is 5.61. The van der Waals surface area contributed by atoms with E-state index < -0.39 is 6.16 Å². The lowest BCUT2D eigenvalue weighted by molar-refractivity contribution is -0.0462. The topological polar surface area (TPSA) is 35.5 Å². The van der Waals surface area contributed by atoms with E-state index in [-0.39, 0.29) is 12.2 Å². The molecule has 1 aliphatic rings. The first-order valence-electron chi connectivity index (χ1n) is 4.84. The number of ether oxygens (including phenoxy) is 2. The lowest BCUT2D eigenvalue weighted by Gasteiger charge is -2.27. The third-order valence-corrected chi connectivity index (χ3v) is 2.37. The smallest absolute Gasteiger partial charge is 0.427 e. The summed E-state index contributed by atoms with van der Waals surface area (Å²) in [4.78, 5) is 11.1. The fourth-order valence-electron chi connectivity index (χ4n) is 1.59. The van der Waals surface area contributed by atoms with E-state index in [0.717, 1.165) is 5.56 Å². The van der Waals surface area contributed by atoms with Crippen LogP contribution in [0.4, 0.5) is 4.79 Å². The first kappa shape index (κ1) is 9.77. The van der Waals surface area contributed by atoms with Gasteiger partial charge in [0.15, 0.2) is 0 Å². The van der Waals surface area contributed by atoms with Crippen molar-refractivity contribution in [2.24, 2.45) is 0 Å². The van der Waals surface area contributed by atoms with Crippen LogP contribution in [0.25, 0.3) is 0 Å². The van der Waals surface area contributed by atoms with Crippen LogP contribution in [0.3, 0.4) is 0 Å². The van der Waals surface area contributed by atoms with Crippen molar-refractivity contribution in [3.8, 4) is 0 Å². The van der Waals surface area contributed by atoms with Crippen LogP contribution in [0.2, 0.25) is 0 Å². The van der Waals surface area contributed by atoms with Crippen LogP contribution >= 0.6 is 0 Å². The van der Waals surface area contributed by atoms with Gasteiger partial charge in [-0.15, -0.1) is 0 Å². The van der Waals surface area contributed by atoms with Crippen molar-refractivity contribution in [3.05, 3.63) is 48.6 Å². The number of rotatable bonds is 2. The average molecular weight is 204 g/mol. The highest BCUT2D eigenvalue weighted by Crippen LogP contribution is 2.28. The second-order valence-corrected chi connectivity index (χ2v) is 3.39. The van der Waals surface area contributed by atoms with Gasteiger partial charge in [-0.25, -0.2) is 4.79 Å². The Morgan fingerprint density at radius 2 is 2.00 bits per heavy atom. The molecular formula is C12H12O3. The molecule has 3 nitrogen and oxygen atoms in total. The first-order chi connectivity index (χ1) is 7.29. The van der Waals surface area contributed by atoms with Crippen molar-refractivity contribution in [3.63, 3.8) is 0 Å². The quantitative estimate of drug-likeness (QED) is 0.549. The number of cyclic esters (lactones) is 2. The molecule has 3 heteroatoms. The molecule has 0 radical (unpaired) electrons. The first-order valence-corrected chi connectivity index (χ1v) is 4.84. The molecule has 0 amide bonds. The summed E-state index contributed by atoms with van der Waals surface area (Å²) in [6.07, 6.45) is 1.14. The largest absolute Gasteiger partial charge is 0.509 e. The Balaban J connectivity index is 2.16. The maximum atomic E-state index is 11.1. The fraction of sp³-hybridized carbons (Fsp3) is 0.250. The van der Waals surface area contributed by atoms with E-state index in [2.05, 4.69) is 6.58 Å². The molecule has 1 fully saturated rings. The van der Waals surface area contributed by atoms with Crippen molar-refractivity contribution in [2.45, 2.75) is 18.6 Å². The van der Waals surface area contributed by atoms with Gasteiger partial charge in [-0.3, -0.25) is 0 Å². The Kier molecular flexibility index (Phi) is 2.72. The number of carbonyl (C=O) groups is 1. The normalized spacial score (nSPS) is 25.2. The third kappa shape index (κ3) is 2.18. The molecule has 0 aliphatic carbocycles. The van der Waals surface area contributed by atoms with Crippen molar-refractivity contribution in [1.82, 2.24) is 0 Å². The molecule has 0 N–H and O–H groups in total. The van der Waals surface area contributed by atoms with Gasteiger partial charge >= 0.3 is 6.16 Å². The maximum absolute atomic E-state index is 11.1. The van der Waals surface area contributed by atoms with Crippen LogP contribution in [-0.2, 0) is 9.47 Å². The van der Waals surface area contributed by atoms with Gasteiger partial charge in [-0.05, 0) is 5.56 Å². The molecule has 2 atom stereocenters. The zero-order valence-electron chi connectivity index (χ0n) is 8.26. The van der Waals surface area contributed by atoms with E-state index in [9.17, 15) is 4.79 Å². The lowest BCUT2D eigenvalue weighted by atomic mass is 10.0. The van der Waals surface area contributed by atoms with Crippen LogP contribution in [0.1, 0.15) is 18.1 Å². The summed E-state index contributed by atoms with van der Waals surface area (Å²) in [5.74, 6) is 0. The Morgan fingerprint density at radius 3 is 2.67 bits per heavy atom. The molecule has 0 bridgehead atoms. The maximum Gasteiger partial charge on any atom is 0.509 e. The molecule has 15 heavy (non-hydrogen) atoms. The molecule has 1 heterocycles. The van der Waals surface area contributed by atoms with Gasteiger partial charge in [0, 0.05) is 6.42 Å². The Bertz CT molecular complexity index is 358. The van der Waals surface area contributed by atoms with Crippen LogP contribution in [0.15, 0.2) is 43.0 Å². The third-order valence-electron chi connectivity index (χ3n) is 2.37. The van der Waals surface area contributed by atoms with Gasteiger partial charge in [0.1, 0.15) is 12.2 Å². The zero-order chi connectivity index (χ0) is 10.7. The molecule has 0 spiro atoms. The Morgan fingerprint density at radius 1 is 1.27 bits per heavy atom. The summed E-state index contributed by atoms with van der Waals surface area (Å²) >= 11 is 0. The molecular weight excluding hydrogens is 192 g/mol. The van der Waals surface area contributed by atoms with Crippen LogP contribution < -0.4 is 0 Å². The Hall–Kier alpha value is -1.77. The fourth-order valence-corrected chi connectivity index (χ4v) is 1.59. The van der Waals surface area contributed by atoms with Gasteiger partial charge < -0.3 is 9.47 Å². The highest BCUT2D eigenvalue weighted by Gasteiger charge is 2.28. The summed E-state index contributed by atoms with van der Waals surface area (Å²) < 4.78 is 10.0. The molecule has 78 valence electrons. The average Bonchev–Trinajstić information content (AvgIpc) is 2.29. The van der Waals surface area contributed by atoms with E-state index in [0.29, 0.717) is 6.42 Å². The standard InChI is InChI=1S/C12H12O3/c1-2-10-8-11(15-12(13)14-10)9-6-4-3-5-7-9/h2-7,10-11H,1,8H2. The summed E-state index contributed by atoms with van der Waals surface area (Å²) in [7, 11) is 0. The molecule has 2 unspecified atom stereocenters. The Labute approximate surface area is 88.3 Å². The van der Waals surface area contributed by atoms with Gasteiger partial charge in [0.2, 0.25) is 0 Å². The molecule has 0 aromatic heterocycles. The predicted molar refractivity (Wildman–Crippen MR) is 55.4 cm³/mol. The van der Waals surface area contributed by atoms with Gasteiger partial charge in [0.25, 0.3) is 0 Å². The number of hydrogen-bond acceptors (Lipinski definition) is 3. The van der Waals surface area contributed by atoms with Crippen molar-refractivity contribution >= 4 is 6.16 Å². The van der Waals surface area contributed by atoms with Crippen LogP contribution in [-0.4, -0.2) is 12.3 Å². The second-order valence-electron chi connectivity index (χ2n) is 3.39. The molecule has 1 aromatic rings. The minimum atomic E-state index is -0.625. The van der Waals surface area contributed by atoms with E-state index in [1.54, 1.807) is 6.08 Å². The molecule has 1 aliphatic heterocycles. The minimum Gasteiger partial charge on any atom is -0.427 e. The van der Waals surface area contributed by atoms with Gasteiger partial charge in [0.05, 0.1) is 0 Å². The van der Waals surface area contributed by atoms with Crippen molar-refractivity contribution < 1.29 is 14.3 Å². The second kappa shape index (κ2) is 4.17. The van der Waals surface area contributed by atoms with Crippen molar-refractivity contribution in [1.29, 1.82) is 0 Å². The molecule has 0 saturated carbocycles. The molecule has 1 saturated heterocycles. The van der Waals surface area contributed by atoms with E-state index in [1.807, 2.05) is 30.3 Å². The monoisotopic (exact) mass is 204 g/mol. The SMILES string of the molecule is C=CC1CC(c2ccccc2)OC(=O)O1. The van der Waals surface area contributed by atoms with Crippen LogP contribution in [0.5, 0.6) is 0 Å². The number of hydrogen-bond donors (Lipinski definition) is 0.